The van der Waals surface area contributed by atoms with Crippen LogP contribution >= 0.6 is 7.60 Å². The highest BCUT2D eigenvalue weighted by atomic mass is 31.2. The highest BCUT2D eigenvalue weighted by molar-refractivity contribution is 7.52. The van der Waals surface area contributed by atoms with Crippen LogP contribution in [0.1, 0.15) is 46.0 Å². The van der Waals surface area contributed by atoms with Crippen LogP contribution in [0.4, 0.5) is 0 Å². The van der Waals surface area contributed by atoms with E-state index in [1.165, 1.54) is 18.2 Å². The zero-order valence-corrected chi connectivity index (χ0v) is 16.2. The van der Waals surface area contributed by atoms with Crippen molar-refractivity contribution < 1.29 is 33.5 Å². The number of benzene rings is 2. The fourth-order valence-electron chi connectivity index (χ4n) is 2.60. The molecule has 0 saturated carbocycles. The van der Waals surface area contributed by atoms with Crippen molar-refractivity contribution in [2.24, 2.45) is 0 Å². The molecule has 0 aliphatic rings. The first-order valence-corrected chi connectivity index (χ1v) is 10.5. The van der Waals surface area contributed by atoms with Gasteiger partial charge in [0.1, 0.15) is 11.9 Å². The molecule has 7 nitrogen and oxygen atoms in total. The Morgan fingerprint density at radius 1 is 1.00 bits per heavy atom. The topological polar surface area (TPSA) is 118 Å². The van der Waals surface area contributed by atoms with Crippen LogP contribution in [0.2, 0.25) is 0 Å². The van der Waals surface area contributed by atoms with Gasteiger partial charge in [-0.1, -0.05) is 43.7 Å². The van der Waals surface area contributed by atoms with Crippen molar-refractivity contribution in [1.29, 1.82) is 0 Å². The van der Waals surface area contributed by atoms with Crippen LogP contribution in [0, 0.1) is 0 Å². The first-order valence-electron chi connectivity index (χ1n) is 8.73. The van der Waals surface area contributed by atoms with E-state index < -0.39 is 31.3 Å². The fourth-order valence-corrected chi connectivity index (χ4v) is 3.00. The zero-order chi connectivity index (χ0) is 20.7. The molecular weight excluding hydrogens is 383 g/mol. The minimum atomic E-state index is -4.53. The van der Waals surface area contributed by atoms with Crippen molar-refractivity contribution >= 4 is 25.1 Å². The molecule has 2 N–H and O–H groups in total. The van der Waals surface area contributed by atoms with E-state index in [4.69, 9.17) is 14.5 Å². The molecule has 148 valence electrons. The number of rotatable bonds is 9. The Morgan fingerprint density at radius 3 is 2.29 bits per heavy atom. The Kier molecular flexibility index (Phi) is 7.40. The number of unbranched alkanes of at least 4 members (excludes halogenated alkanes) is 1. The van der Waals surface area contributed by atoms with Crippen molar-refractivity contribution in [3.05, 3.63) is 65.2 Å². The van der Waals surface area contributed by atoms with E-state index >= 15 is 0 Å². The van der Waals surface area contributed by atoms with Gasteiger partial charge in [0.15, 0.2) is 0 Å². The summed E-state index contributed by atoms with van der Waals surface area (Å²) >= 11 is 0. The number of hydrogen-bond donors (Lipinski definition) is 2. The van der Waals surface area contributed by atoms with Gasteiger partial charge in [0.05, 0.1) is 0 Å². The van der Waals surface area contributed by atoms with Crippen molar-refractivity contribution in [1.82, 2.24) is 0 Å². The molecule has 0 aliphatic heterocycles. The lowest BCUT2D eigenvalue weighted by atomic mass is 9.94. The summed E-state index contributed by atoms with van der Waals surface area (Å²) in [5.74, 6) is -2.31. The van der Waals surface area contributed by atoms with Gasteiger partial charge in [-0.2, -0.15) is 0 Å². The SMILES string of the molecule is CCCCc1cc(OC(=O)CP(=O)(O)O)ccc1C(=O)C(=O)c1ccccc1. The standard InChI is InChI=1S/C20H21O7P/c1-2-3-7-15-12-16(27-18(21)13-28(24,25)26)10-11-17(15)20(23)19(22)14-8-5-4-6-9-14/h4-6,8-12H,2-3,7,13H2,1H3,(H2,24,25,26). The highest BCUT2D eigenvalue weighted by Gasteiger charge is 2.23. The monoisotopic (exact) mass is 404 g/mol. The number of ether oxygens (including phenoxy) is 1. The van der Waals surface area contributed by atoms with Gasteiger partial charge in [0.2, 0.25) is 11.6 Å². The molecule has 0 aliphatic carbocycles. The van der Waals surface area contributed by atoms with E-state index in [1.54, 1.807) is 30.3 Å². The summed E-state index contributed by atoms with van der Waals surface area (Å²) in [7, 11) is -4.53. The largest absolute Gasteiger partial charge is 0.426 e. The van der Waals surface area contributed by atoms with Crippen LogP contribution in [0.25, 0.3) is 0 Å². The molecule has 28 heavy (non-hydrogen) atoms. The van der Waals surface area contributed by atoms with Crippen LogP contribution in [0.3, 0.4) is 0 Å². The van der Waals surface area contributed by atoms with Crippen LogP contribution in [0.5, 0.6) is 5.75 Å². The smallest absolute Gasteiger partial charge is 0.336 e. The molecule has 2 aromatic carbocycles. The molecule has 0 fully saturated rings. The Bertz CT molecular complexity index is 915. The van der Waals surface area contributed by atoms with Gasteiger partial charge in [-0.15, -0.1) is 0 Å². The highest BCUT2D eigenvalue weighted by Crippen LogP contribution is 2.34. The fraction of sp³-hybridized carbons (Fsp3) is 0.250. The van der Waals surface area contributed by atoms with Crippen molar-refractivity contribution in [3.63, 3.8) is 0 Å². The molecule has 0 atom stereocenters. The molecule has 0 heterocycles. The average Bonchev–Trinajstić information content (AvgIpc) is 2.64. The quantitative estimate of drug-likeness (QED) is 0.217. The number of aryl methyl sites for hydroxylation is 1. The maximum Gasteiger partial charge on any atom is 0.336 e. The molecule has 0 spiro atoms. The number of carbonyl (C=O) groups is 3. The normalized spacial score (nSPS) is 11.1. The second-order valence-corrected chi connectivity index (χ2v) is 7.89. The third-order valence-corrected chi connectivity index (χ3v) is 4.60. The van der Waals surface area contributed by atoms with Gasteiger partial charge in [-0.25, -0.2) is 0 Å². The van der Waals surface area contributed by atoms with Gasteiger partial charge in [0, 0.05) is 11.1 Å². The van der Waals surface area contributed by atoms with E-state index in [-0.39, 0.29) is 16.9 Å². The lowest BCUT2D eigenvalue weighted by molar-refractivity contribution is -0.131. The Balaban J connectivity index is 2.28. The summed E-state index contributed by atoms with van der Waals surface area (Å²) in [4.78, 5) is 54.5. The predicted octanol–water partition coefficient (Wildman–Crippen LogP) is 3.18. The third kappa shape index (κ3) is 6.23. The number of ketones is 2. The Labute approximate surface area is 162 Å². The van der Waals surface area contributed by atoms with Crippen LogP contribution in [-0.4, -0.2) is 33.5 Å². The van der Waals surface area contributed by atoms with Gasteiger partial charge in [0.25, 0.3) is 0 Å². The molecule has 0 radical (unpaired) electrons. The van der Waals surface area contributed by atoms with E-state index in [9.17, 15) is 18.9 Å². The Morgan fingerprint density at radius 2 is 1.68 bits per heavy atom. The molecule has 0 unspecified atom stereocenters. The summed E-state index contributed by atoms with van der Waals surface area (Å²) in [5, 5.41) is 0. The zero-order valence-electron chi connectivity index (χ0n) is 15.3. The van der Waals surface area contributed by atoms with Gasteiger partial charge < -0.3 is 14.5 Å². The second kappa shape index (κ2) is 9.55. The minimum Gasteiger partial charge on any atom is -0.426 e. The van der Waals surface area contributed by atoms with Crippen molar-refractivity contribution in [2.45, 2.75) is 26.2 Å². The van der Waals surface area contributed by atoms with E-state index in [2.05, 4.69) is 0 Å². The molecular formula is C20H21O7P. The number of carbonyl (C=O) groups excluding carboxylic acids is 3. The maximum absolute atomic E-state index is 12.7. The maximum atomic E-state index is 12.7. The lowest BCUT2D eigenvalue weighted by Crippen LogP contribution is -2.17. The average molecular weight is 404 g/mol. The van der Waals surface area contributed by atoms with Crippen LogP contribution < -0.4 is 4.74 Å². The van der Waals surface area contributed by atoms with Gasteiger partial charge in [-0.05, 0) is 36.6 Å². The van der Waals surface area contributed by atoms with Crippen LogP contribution in [0.15, 0.2) is 48.5 Å². The van der Waals surface area contributed by atoms with E-state index in [1.807, 2.05) is 6.92 Å². The molecule has 0 bridgehead atoms. The second-order valence-electron chi connectivity index (χ2n) is 6.24. The molecule has 2 aromatic rings. The van der Waals surface area contributed by atoms with Crippen molar-refractivity contribution in [2.75, 3.05) is 6.16 Å². The number of Topliss-reactive ketones (excluding diaryl/α,β-unsaturated/α-hetero) is 2. The summed E-state index contributed by atoms with van der Waals surface area (Å²) in [6, 6.07) is 12.4. The molecule has 0 amide bonds. The van der Waals surface area contributed by atoms with E-state index in [0.717, 1.165) is 12.8 Å². The van der Waals surface area contributed by atoms with Crippen molar-refractivity contribution in [3.8, 4) is 5.75 Å². The summed E-state index contributed by atoms with van der Waals surface area (Å²) < 4.78 is 15.9. The molecule has 0 saturated heterocycles. The first kappa shape index (κ1) is 21.7. The molecule has 2 rings (SSSR count). The first-order chi connectivity index (χ1) is 13.2. The summed E-state index contributed by atoms with van der Waals surface area (Å²) in [5.41, 5.74) is 1.04. The minimum absolute atomic E-state index is 0.0632. The lowest BCUT2D eigenvalue weighted by Gasteiger charge is -2.11. The summed E-state index contributed by atoms with van der Waals surface area (Å²) in [6.07, 6.45) is 1.05. The summed E-state index contributed by atoms with van der Waals surface area (Å²) in [6.45, 7) is 1.97. The van der Waals surface area contributed by atoms with Gasteiger partial charge in [-0.3, -0.25) is 18.9 Å². The number of hydrogen-bond acceptors (Lipinski definition) is 5. The van der Waals surface area contributed by atoms with Crippen LogP contribution in [-0.2, 0) is 15.8 Å². The molecule has 8 heteroatoms. The third-order valence-electron chi connectivity index (χ3n) is 3.93. The van der Waals surface area contributed by atoms with E-state index in [0.29, 0.717) is 12.0 Å². The molecule has 0 aromatic heterocycles. The van der Waals surface area contributed by atoms with Gasteiger partial charge >= 0.3 is 13.6 Å². The predicted molar refractivity (Wildman–Crippen MR) is 103 cm³/mol. The number of esters is 1. The Hall–Kier alpha value is -2.60.